The molecule has 0 saturated carbocycles. The smallest absolute Gasteiger partial charge is 0.329 e. The Balaban J connectivity index is 1.55. The third-order valence-electron chi connectivity index (χ3n) is 4.93. The van der Waals surface area contributed by atoms with Crippen molar-refractivity contribution in [1.82, 2.24) is 5.43 Å². The molecule has 3 aromatic carbocycles. The number of anilines is 2. The lowest BCUT2D eigenvalue weighted by Crippen LogP contribution is -2.32. The van der Waals surface area contributed by atoms with Crippen molar-refractivity contribution in [3.63, 3.8) is 0 Å². The van der Waals surface area contributed by atoms with E-state index in [2.05, 4.69) is 21.2 Å². The van der Waals surface area contributed by atoms with Crippen LogP contribution in [0.4, 0.5) is 11.4 Å². The normalized spacial score (nSPS) is 10.5. The zero-order chi connectivity index (χ0) is 25.2. The van der Waals surface area contributed by atoms with Crippen LogP contribution in [-0.2, 0) is 14.4 Å². The molecule has 9 nitrogen and oxygen atoms in total. The van der Waals surface area contributed by atoms with Crippen molar-refractivity contribution >= 4 is 35.3 Å². The molecule has 35 heavy (non-hydrogen) atoms. The largest absolute Gasteiger partial charge is 0.497 e. The molecule has 0 atom stereocenters. The molecule has 0 unspecified atom stereocenters. The van der Waals surface area contributed by atoms with Gasteiger partial charge >= 0.3 is 11.8 Å². The number of benzene rings is 3. The molecule has 0 bridgehead atoms. The first-order valence-electron chi connectivity index (χ1n) is 10.7. The summed E-state index contributed by atoms with van der Waals surface area (Å²) in [6.45, 7) is 3.62. The Hall–Kier alpha value is -4.66. The fourth-order valence-corrected chi connectivity index (χ4v) is 3.15. The summed E-state index contributed by atoms with van der Waals surface area (Å²) in [6, 6.07) is 19.2. The number of rotatable bonds is 8. The third kappa shape index (κ3) is 7.16. The van der Waals surface area contributed by atoms with E-state index in [1.54, 1.807) is 48.5 Å². The first-order chi connectivity index (χ1) is 16.9. The van der Waals surface area contributed by atoms with E-state index in [0.717, 1.165) is 16.8 Å². The first-order valence-corrected chi connectivity index (χ1v) is 10.7. The first kappa shape index (κ1) is 25.0. The predicted molar refractivity (Wildman–Crippen MR) is 134 cm³/mol. The summed E-state index contributed by atoms with van der Waals surface area (Å²) < 4.78 is 10.7. The maximum Gasteiger partial charge on any atom is 0.329 e. The van der Waals surface area contributed by atoms with Crippen LogP contribution in [0.1, 0.15) is 16.7 Å². The van der Waals surface area contributed by atoms with Crippen LogP contribution in [0.2, 0.25) is 0 Å². The number of aryl methyl sites for hydroxylation is 2. The van der Waals surface area contributed by atoms with Gasteiger partial charge in [-0.3, -0.25) is 14.4 Å². The van der Waals surface area contributed by atoms with Crippen LogP contribution in [0.5, 0.6) is 11.5 Å². The number of nitrogens with one attached hydrogen (secondary N) is 3. The van der Waals surface area contributed by atoms with Gasteiger partial charge in [0.15, 0.2) is 6.61 Å². The van der Waals surface area contributed by atoms with Gasteiger partial charge in [-0.1, -0.05) is 36.4 Å². The van der Waals surface area contributed by atoms with Crippen molar-refractivity contribution in [2.75, 3.05) is 24.4 Å². The minimum atomic E-state index is -0.949. The average Bonchev–Trinajstić information content (AvgIpc) is 2.85. The lowest BCUT2D eigenvalue weighted by atomic mass is 10.1. The van der Waals surface area contributed by atoms with E-state index in [-0.39, 0.29) is 12.5 Å². The molecule has 3 amide bonds. The maximum absolute atomic E-state index is 12.4. The summed E-state index contributed by atoms with van der Waals surface area (Å²) in [4.78, 5) is 36.5. The van der Waals surface area contributed by atoms with Crippen LogP contribution in [0.3, 0.4) is 0 Å². The quantitative estimate of drug-likeness (QED) is 0.263. The highest BCUT2D eigenvalue weighted by atomic mass is 16.5. The van der Waals surface area contributed by atoms with Gasteiger partial charge in [-0.25, -0.2) is 5.43 Å². The topological polar surface area (TPSA) is 118 Å². The minimum Gasteiger partial charge on any atom is -0.497 e. The Bertz CT molecular complexity index is 1240. The molecule has 9 heteroatoms. The number of carbonyl (C=O) groups is 3. The summed E-state index contributed by atoms with van der Waals surface area (Å²) in [7, 11) is 1.50. The average molecular weight is 475 g/mol. The van der Waals surface area contributed by atoms with Crippen molar-refractivity contribution in [2.45, 2.75) is 13.8 Å². The highest BCUT2D eigenvalue weighted by Crippen LogP contribution is 2.20. The number of para-hydroxylation sites is 2. The second kappa shape index (κ2) is 12.0. The van der Waals surface area contributed by atoms with Crippen molar-refractivity contribution in [3.05, 3.63) is 83.4 Å². The highest BCUT2D eigenvalue weighted by molar-refractivity contribution is 6.39. The maximum atomic E-state index is 12.4. The molecular formula is C26H26N4O5. The lowest BCUT2D eigenvalue weighted by Gasteiger charge is -2.13. The van der Waals surface area contributed by atoms with Gasteiger partial charge in [-0.2, -0.15) is 5.10 Å². The number of hydrogen-bond donors (Lipinski definition) is 3. The number of hydrazone groups is 1. The van der Waals surface area contributed by atoms with Gasteiger partial charge in [0.05, 0.1) is 13.3 Å². The second-order valence-electron chi connectivity index (χ2n) is 7.53. The Morgan fingerprint density at radius 2 is 1.60 bits per heavy atom. The van der Waals surface area contributed by atoms with Crippen molar-refractivity contribution in [2.24, 2.45) is 5.10 Å². The van der Waals surface area contributed by atoms with Gasteiger partial charge in [0.1, 0.15) is 11.5 Å². The van der Waals surface area contributed by atoms with Crippen LogP contribution in [0.15, 0.2) is 71.8 Å². The van der Waals surface area contributed by atoms with Gasteiger partial charge < -0.3 is 20.1 Å². The fraction of sp³-hybridized carbons (Fsp3) is 0.154. The van der Waals surface area contributed by atoms with Gasteiger partial charge in [0.25, 0.3) is 5.91 Å². The Labute approximate surface area is 203 Å². The number of ether oxygens (including phenoxy) is 2. The number of amides is 3. The third-order valence-corrected chi connectivity index (χ3v) is 4.93. The van der Waals surface area contributed by atoms with Crippen LogP contribution < -0.4 is 25.5 Å². The van der Waals surface area contributed by atoms with Gasteiger partial charge in [-0.05, 0) is 49.2 Å². The van der Waals surface area contributed by atoms with E-state index in [1.807, 2.05) is 32.0 Å². The van der Waals surface area contributed by atoms with E-state index >= 15 is 0 Å². The predicted octanol–water partition coefficient (Wildman–Crippen LogP) is 3.42. The SMILES string of the molecule is COc1cccc(NC(=O)C(=O)N/N=C\c2ccccc2OCC(=O)Nc2c(C)cccc2C)c1. The van der Waals surface area contributed by atoms with Crippen molar-refractivity contribution in [3.8, 4) is 11.5 Å². The molecule has 0 radical (unpaired) electrons. The summed E-state index contributed by atoms with van der Waals surface area (Å²) in [6.07, 6.45) is 1.33. The van der Waals surface area contributed by atoms with Gasteiger partial charge in [0.2, 0.25) is 0 Å². The molecule has 0 aliphatic rings. The number of carbonyl (C=O) groups excluding carboxylic acids is 3. The molecule has 180 valence electrons. The standard InChI is InChI=1S/C26H26N4O5/c1-17-8-6-9-18(2)24(17)29-23(31)16-35-22-13-5-4-10-19(22)15-27-30-26(33)25(32)28-20-11-7-12-21(14-20)34-3/h4-15H,16H2,1-3H3,(H,28,32)(H,29,31)(H,30,33)/b27-15-. The number of nitrogens with zero attached hydrogens (tertiary/aromatic N) is 1. The molecule has 0 spiro atoms. The highest BCUT2D eigenvalue weighted by Gasteiger charge is 2.13. The summed E-state index contributed by atoms with van der Waals surface area (Å²) >= 11 is 0. The molecule has 0 aromatic heterocycles. The molecule has 3 N–H and O–H groups in total. The van der Waals surface area contributed by atoms with Gasteiger partial charge in [0, 0.05) is 23.0 Å². The lowest BCUT2D eigenvalue weighted by molar-refractivity contribution is -0.136. The zero-order valence-electron chi connectivity index (χ0n) is 19.6. The van der Waals surface area contributed by atoms with E-state index in [1.165, 1.54) is 13.3 Å². The minimum absolute atomic E-state index is 0.214. The molecule has 0 saturated heterocycles. The van der Waals surface area contributed by atoms with Crippen LogP contribution in [0.25, 0.3) is 0 Å². The van der Waals surface area contributed by atoms with E-state index < -0.39 is 11.8 Å². The van der Waals surface area contributed by atoms with Crippen molar-refractivity contribution < 1.29 is 23.9 Å². The summed E-state index contributed by atoms with van der Waals surface area (Å²) in [5, 5.41) is 9.15. The second-order valence-corrected chi connectivity index (χ2v) is 7.53. The van der Waals surface area contributed by atoms with Gasteiger partial charge in [-0.15, -0.1) is 0 Å². The van der Waals surface area contributed by atoms with Crippen LogP contribution >= 0.6 is 0 Å². The molecule has 3 rings (SSSR count). The molecule has 0 aliphatic carbocycles. The Kier molecular flexibility index (Phi) is 8.55. The Morgan fingerprint density at radius 1 is 0.886 bits per heavy atom. The number of methoxy groups -OCH3 is 1. The number of hydrogen-bond acceptors (Lipinski definition) is 6. The fourth-order valence-electron chi connectivity index (χ4n) is 3.15. The van der Waals surface area contributed by atoms with E-state index in [9.17, 15) is 14.4 Å². The van der Waals surface area contributed by atoms with Crippen LogP contribution in [0, 0.1) is 13.8 Å². The molecule has 0 fully saturated rings. The molecule has 0 aliphatic heterocycles. The van der Waals surface area contributed by atoms with E-state index in [4.69, 9.17) is 9.47 Å². The Morgan fingerprint density at radius 3 is 2.34 bits per heavy atom. The monoisotopic (exact) mass is 474 g/mol. The van der Waals surface area contributed by atoms with Crippen LogP contribution in [-0.4, -0.2) is 37.7 Å². The molecule has 0 heterocycles. The summed E-state index contributed by atoms with van der Waals surface area (Å²) in [5.74, 6) is -1.21. The zero-order valence-corrected chi connectivity index (χ0v) is 19.6. The molecular weight excluding hydrogens is 448 g/mol. The van der Waals surface area contributed by atoms with E-state index in [0.29, 0.717) is 22.7 Å². The van der Waals surface area contributed by atoms with Crippen molar-refractivity contribution in [1.29, 1.82) is 0 Å². The molecule has 3 aromatic rings. The summed E-state index contributed by atoms with van der Waals surface area (Å²) in [5.41, 5.74) is 5.76.